The van der Waals surface area contributed by atoms with Gasteiger partial charge in [-0.05, 0) is 55.5 Å². The van der Waals surface area contributed by atoms with Gasteiger partial charge in [0.1, 0.15) is 18.2 Å². The highest BCUT2D eigenvalue weighted by Crippen LogP contribution is 2.46. The molecule has 0 saturated carbocycles. The Labute approximate surface area is 211 Å². The molecule has 3 heterocycles. The van der Waals surface area contributed by atoms with Crippen LogP contribution in [0.1, 0.15) is 54.6 Å². The van der Waals surface area contributed by atoms with Gasteiger partial charge in [-0.1, -0.05) is 13.0 Å². The number of fused-ring (bicyclic) bond motifs is 1. The van der Waals surface area contributed by atoms with Gasteiger partial charge in [0.25, 0.3) is 5.91 Å². The number of hydrogen-bond acceptors (Lipinski definition) is 9. The summed E-state index contributed by atoms with van der Waals surface area (Å²) in [7, 11) is -3.39. The van der Waals surface area contributed by atoms with Gasteiger partial charge in [-0.25, -0.2) is 4.98 Å². The summed E-state index contributed by atoms with van der Waals surface area (Å²) in [4.78, 5) is 21.8. The van der Waals surface area contributed by atoms with Crippen molar-refractivity contribution in [1.82, 2.24) is 19.9 Å². The molecule has 2 aromatic heterocycles. The molecule has 11 nitrogen and oxygen atoms in total. The third-order valence-corrected chi connectivity index (χ3v) is 6.43. The van der Waals surface area contributed by atoms with E-state index in [9.17, 15) is 13.9 Å². The van der Waals surface area contributed by atoms with Crippen molar-refractivity contribution >= 4 is 28.4 Å². The van der Waals surface area contributed by atoms with Crippen LogP contribution in [-0.2, 0) is 13.0 Å². The number of benzene rings is 1. The maximum atomic E-state index is 13.0. The van der Waals surface area contributed by atoms with Gasteiger partial charge in [0.15, 0.2) is 5.84 Å². The first-order valence-corrected chi connectivity index (χ1v) is 13.0. The third-order valence-electron chi connectivity index (χ3n) is 5.48. The number of ether oxygens (including phenoxy) is 1. The minimum Gasteiger partial charge on any atom is -0.490 e. The fourth-order valence-electron chi connectivity index (χ4n) is 3.84. The molecule has 6 N–H and O–H groups in total. The summed E-state index contributed by atoms with van der Waals surface area (Å²) in [5.41, 5.74) is 7.32. The normalized spacial score (nSPS) is 15.3. The highest BCUT2D eigenvalue weighted by atomic mass is 32.3. The molecule has 12 heteroatoms. The van der Waals surface area contributed by atoms with Crippen LogP contribution in [0, 0.1) is 0 Å². The molecule has 0 unspecified atom stereocenters. The molecule has 192 valence electrons. The second-order valence-electron chi connectivity index (χ2n) is 9.16. The van der Waals surface area contributed by atoms with Gasteiger partial charge >= 0.3 is 0 Å². The Kier molecular flexibility index (Phi) is 7.20. The van der Waals surface area contributed by atoms with Crippen molar-refractivity contribution in [2.75, 3.05) is 11.3 Å². The number of amidine groups is 1. The monoisotopic (exact) mass is 513 g/mol. The molecule has 1 aromatic carbocycles. The number of carbonyl (C=O) groups is 1. The zero-order chi connectivity index (χ0) is 25.9. The fourth-order valence-corrected chi connectivity index (χ4v) is 4.72. The number of nitrogens with one attached hydrogen (secondary N) is 2. The molecule has 3 aromatic rings. The first-order chi connectivity index (χ1) is 17.1. The Hall–Kier alpha value is -3.61. The van der Waals surface area contributed by atoms with Crippen molar-refractivity contribution in [3.63, 3.8) is 0 Å². The lowest BCUT2D eigenvalue weighted by Crippen LogP contribution is -2.48. The molecule has 1 aliphatic heterocycles. The van der Waals surface area contributed by atoms with Crippen LogP contribution >= 0.6 is 11.0 Å². The Bertz CT molecular complexity index is 1290. The Morgan fingerprint density at radius 2 is 2.06 bits per heavy atom. The Morgan fingerprint density at radius 3 is 2.83 bits per heavy atom. The van der Waals surface area contributed by atoms with Gasteiger partial charge in [-0.15, -0.1) is 4.40 Å². The molecule has 1 aliphatic rings. The summed E-state index contributed by atoms with van der Waals surface area (Å²) in [5, 5.41) is 3.00. The number of rotatable bonds is 9. The van der Waals surface area contributed by atoms with Gasteiger partial charge in [-0.3, -0.25) is 23.6 Å². The summed E-state index contributed by atoms with van der Waals surface area (Å²) >= 11 is 0. The average Bonchev–Trinajstić information content (AvgIpc) is 3.23. The van der Waals surface area contributed by atoms with Crippen molar-refractivity contribution in [1.29, 1.82) is 0 Å². The third kappa shape index (κ3) is 5.96. The minimum absolute atomic E-state index is 0.0366. The van der Waals surface area contributed by atoms with E-state index in [1.165, 1.54) is 0 Å². The molecule has 36 heavy (non-hydrogen) atoms. The van der Waals surface area contributed by atoms with Gasteiger partial charge in [0.05, 0.1) is 29.0 Å². The number of aromatic nitrogens is 3. The lowest BCUT2D eigenvalue weighted by molar-refractivity contribution is 0.0880. The second-order valence-corrected chi connectivity index (χ2v) is 10.6. The topological polar surface area (TPSA) is 160 Å². The van der Waals surface area contributed by atoms with E-state index >= 15 is 0 Å². The van der Waals surface area contributed by atoms with Crippen molar-refractivity contribution in [3.8, 4) is 5.75 Å². The predicted molar refractivity (Wildman–Crippen MR) is 140 cm³/mol. The van der Waals surface area contributed by atoms with Crippen LogP contribution in [0.5, 0.6) is 5.75 Å². The van der Waals surface area contributed by atoms with Crippen molar-refractivity contribution < 1.29 is 18.6 Å². The quantitative estimate of drug-likeness (QED) is 0.290. The number of aryl methyl sites for hydroxylation is 1. The first-order valence-electron chi connectivity index (χ1n) is 11.5. The summed E-state index contributed by atoms with van der Waals surface area (Å²) in [6.45, 7) is 6.46. The average molecular weight is 514 g/mol. The number of carbonyl (C=O) groups excluding carboxylic acids is 1. The van der Waals surface area contributed by atoms with Crippen LogP contribution in [0.15, 0.2) is 53.3 Å². The number of anilines is 1. The fraction of sp³-hybridized carbons (Fsp3) is 0.333. The summed E-state index contributed by atoms with van der Waals surface area (Å²) in [5.74, 6) is 1.11. The van der Waals surface area contributed by atoms with Crippen LogP contribution in [0.4, 0.5) is 5.69 Å². The molecule has 1 amide bonds. The maximum absolute atomic E-state index is 13.0. The van der Waals surface area contributed by atoms with Crippen LogP contribution in [0.2, 0.25) is 0 Å². The van der Waals surface area contributed by atoms with Gasteiger partial charge in [0, 0.05) is 30.6 Å². The largest absolute Gasteiger partial charge is 0.490 e. The molecule has 0 aliphatic carbocycles. The number of imidazole rings is 1. The van der Waals surface area contributed by atoms with Gasteiger partial charge in [-0.2, -0.15) is 0 Å². The van der Waals surface area contributed by atoms with Crippen molar-refractivity contribution in [3.05, 3.63) is 71.6 Å². The lowest BCUT2D eigenvalue weighted by atomic mass is 10.1. The summed E-state index contributed by atoms with van der Waals surface area (Å²) in [6.07, 6.45) is 7.18. The van der Waals surface area contributed by atoms with Crippen molar-refractivity contribution in [2.24, 2.45) is 10.1 Å². The number of nitrogens with two attached hydrogens (primary N) is 1. The van der Waals surface area contributed by atoms with E-state index in [-0.39, 0.29) is 18.3 Å². The first kappa shape index (κ1) is 25.5. The Morgan fingerprint density at radius 1 is 1.25 bits per heavy atom. The standard InChI is InChI=1S/C24H31N7O4S/c1-4-6-20-27-11-12-31(20)14-17-13-16(9-10-26-17)23(32)28-24(2,3)15-35-19-8-5-7-18-21(19)22(25)30-36(33,34)29-18/h5,7-13,29,33-34H,4,6,14-15H2,1-3H3,(H2,25,30)(H,28,32). The highest BCUT2D eigenvalue weighted by molar-refractivity contribution is 8.24. The molecule has 0 saturated heterocycles. The van der Waals surface area contributed by atoms with E-state index < -0.39 is 16.5 Å². The number of nitrogens with zero attached hydrogens (tertiary/aromatic N) is 4. The van der Waals surface area contributed by atoms with Crippen molar-refractivity contribution in [2.45, 2.75) is 45.7 Å². The van der Waals surface area contributed by atoms with Gasteiger partial charge in [0.2, 0.25) is 0 Å². The van der Waals surface area contributed by atoms with Gasteiger partial charge < -0.3 is 20.4 Å². The van der Waals surface area contributed by atoms with Crippen LogP contribution in [-0.4, -0.2) is 47.5 Å². The Balaban J connectivity index is 1.42. The smallest absolute Gasteiger partial charge is 0.251 e. The zero-order valence-electron chi connectivity index (χ0n) is 20.4. The maximum Gasteiger partial charge on any atom is 0.251 e. The second kappa shape index (κ2) is 10.2. The molecule has 0 fully saturated rings. The minimum atomic E-state index is -3.39. The molecule has 0 radical (unpaired) electrons. The highest BCUT2D eigenvalue weighted by Gasteiger charge is 2.27. The molecule has 0 atom stereocenters. The van der Waals surface area contributed by atoms with E-state index in [0.29, 0.717) is 29.1 Å². The molecule has 0 spiro atoms. The van der Waals surface area contributed by atoms with E-state index in [0.717, 1.165) is 24.4 Å². The van der Waals surface area contributed by atoms with Crippen LogP contribution < -0.4 is 20.5 Å². The molecular weight excluding hydrogens is 482 g/mol. The summed E-state index contributed by atoms with van der Waals surface area (Å²) < 4.78 is 34.0. The van der Waals surface area contributed by atoms with Crippen LogP contribution in [0.25, 0.3) is 0 Å². The SMILES string of the molecule is CCCc1nccn1Cc1cc(C(=O)NC(C)(C)COc2cccc3c2C(N)=NS(O)(O)N3)ccn1. The molecule has 0 bridgehead atoms. The zero-order valence-corrected chi connectivity index (χ0v) is 21.2. The lowest BCUT2D eigenvalue weighted by Gasteiger charge is -2.34. The predicted octanol–water partition coefficient (Wildman–Crippen LogP) is 3.58. The van der Waals surface area contributed by atoms with Crippen LogP contribution in [0.3, 0.4) is 0 Å². The van der Waals surface area contributed by atoms with E-state index in [1.807, 2.05) is 24.6 Å². The summed E-state index contributed by atoms with van der Waals surface area (Å²) in [6, 6.07) is 8.50. The number of pyridine rings is 1. The molecular formula is C24H31N7O4S. The van der Waals surface area contributed by atoms with E-state index in [4.69, 9.17) is 10.5 Å². The number of amides is 1. The van der Waals surface area contributed by atoms with E-state index in [1.54, 1.807) is 42.7 Å². The van der Waals surface area contributed by atoms with E-state index in [2.05, 4.69) is 31.3 Å². The molecule has 4 rings (SSSR count). The number of hydrogen-bond donors (Lipinski definition) is 5.